The molecule has 0 aliphatic carbocycles. The highest BCUT2D eigenvalue weighted by atomic mass is 19.1. The molecule has 1 rings (SSSR count). The van der Waals surface area contributed by atoms with Crippen molar-refractivity contribution < 1.29 is 4.39 Å². The predicted molar refractivity (Wildman–Crippen MR) is 33.1 cm³/mol. The fraction of sp³-hybridized carbons (Fsp3) is 0.200. The van der Waals surface area contributed by atoms with E-state index in [2.05, 4.69) is 16.7 Å². The molecule has 0 radical (unpaired) electrons. The van der Waals surface area contributed by atoms with Crippen LogP contribution in [-0.4, -0.2) is 16.7 Å². The molecule has 0 aliphatic rings. The number of aromatic nitrogens is 2. The van der Waals surface area contributed by atoms with E-state index in [9.17, 15) is 4.39 Å². The second-order valence-corrected chi connectivity index (χ2v) is 1.32. The Balaban J connectivity index is 0.000000291. The molecule has 0 unspecified atom stereocenters. The zero-order valence-corrected chi connectivity index (χ0v) is 5.11. The highest BCUT2D eigenvalue weighted by Gasteiger charge is 1.88. The summed E-state index contributed by atoms with van der Waals surface area (Å²) in [5.74, 6) is 0.231. The van der Waals surface area contributed by atoms with Gasteiger partial charge in [0.15, 0.2) is 0 Å². The molecule has 0 aromatic carbocycles. The molecule has 0 bridgehead atoms. The van der Waals surface area contributed by atoms with E-state index in [1.54, 1.807) is 6.92 Å². The molecule has 0 spiro atoms. The van der Waals surface area contributed by atoms with Crippen molar-refractivity contribution in [3.8, 4) is 0 Å². The third-order valence-electron chi connectivity index (χ3n) is 0.672. The Morgan fingerprint density at radius 2 is 2.33 bits per heavy atom. The number of nitrogens with one attached hydrogen (secondary N) is 2. The van der Waals surface area contributed by atoms with Crippen molar-refractivity contribution in [2.75, 3.05) is 0 Å². The summed E-state index contributed by atoms with van der Waals surface area (Å²) in [6.07, 6.45) is 1.15. The summed E-state index contributed by atoms with van der Waals surface area (Å²) in [6, 6.07) is 0. The third kappa shape index (κ3) is 2.58. The maximum absolute atomic E-state index is 11.8. The van der Waals surface area contributed by atoms with E-state index in [0.717, 1.165) is 6.20 Å². The van der Waals surface area contributed by atoms with Crippen LogP contribution in [0, 0.1) is 18.3 Å². The molecule has 0 fully saturated rings. The van der Waals surface area contributed by atoms with Crippen molar-refractivity contribution in [3.05, 3.63) is 18.0 Å². The number of hydrogen-bond acceptors (Lipinski definition) is 2. The maximum Gasteiger partial charge on any atom is 0.210 e. The van der Waals surface area contributed by atoms with Gasteiger partial charge in [-0.3, -0.25) is 0 Å². The van der Waals surface area contributed by atoms with E-state index in [0.29, 0.717) is 5.82 Å². The fourth-order valence-corrected chi connectivity index (χ4v) is 0.391. The van der Waals surface area contributed by atoms with Gasteiger partial charge in [0.25, 0.3) is 0 Å². The molecule has 1 aromatic rings. The number of halogens is 1. The monoisotopic (exact) mass is 129 g/mol. The molecule has 50 valence electrons. The number of H-pyrrole nitrogens is 1. The lowest BCUT2D eigenvalue weighted by atomic mass is 10.8. The second-order valence-electron chi connectivity index (χ2n) is 1.32. The van der Waals surface area contributed by atoms with Crippen molar-refractivity contribution >= 4 is 6.72 Å². The molecule has 9 heavy (non-hydrogen) atoms. The van der Waals surface area contributed by atoms with Crippen LogP contribution in [0.25, 0.3) is 0 Å². The molecule has 1 aromatic heterocycles. The van der Waals surface area contributed by atoms with Crippen LogP contribution in [0.4, 0.5) is 4.39 Å². The van der Waals surface area contributed by atoms with Gasteiger partial charge >= 0.3 is 0 Å². The molecule has 3 nitrogen and oxygen atoms in total. The first-order chi connectivity index (χ1) is 4.29. The summed E-state index contributed by atoms with van der Waals surface area (Å²) in [6.45, 7) is 4.20. The van der Waals surface area contributed by atoms with Crippen LogP contribution in [0.1, 0.15) is 5.82 Å². The SMILES string of the molecule is C=N.Cc1ncc(F)[nH]1. The lowest BCUT2D eigenvalue weighted by Crippen LogP contribution is -1.70. The Kier molecular flexibility index (Phi) is 3.27. The Morgan fingerprint density at radius 1 is 1.78 bits per heavy atom. The normalized spacial score (nSPS) is 7.78. The Hall–Kier alpha value is -1.19. The highest BCUT2D eigenvalue weighted by Crippen LogP contribution is 1.89. The van der Waals surface area contributed by atoms with Crippen molar-refractivity contribution in [2.45, 2.75) is 6.92 Å². The van der Waals surface area contributed by atoms with Crippen molar-refractivity contribution in [1.82, 2.24) is 9.97 Å². The van der Waals surface area contributed by atoms with Gasteiger partial charge < -0.3 is 10.4 Å². The molecule has 0 saturated heterocycles. The lowest BCUT2D eigenvalue weighted by molar-refractivity contribution is 0.589. The quantitative estimate of drug-likeness (QED) is 0.507. The molecule has 4 heteroatoms. The van der Waals surface area contributed by atoms with Crippen molar-refractivity contribution in [2.24, 2.45) is 0 Å². The topological polar surface area (TPSA) is 52.5 Å². The largest absolute Gasteiger partial charge is 0.319 e. The van der Waals surface area contributed by atoms with Crippen LogP contribution in [0.5, 0.6) is 0 Å². The van der Waals surface area contributed by atoms with E-state index >= 15 is 0 Å². The molecule has 0 aliphatic heterocycles. The van der Waals surface area contributed by atoms with Crippen LogP contribution >= 0.6 is 0 Å². The Bertz CT molecular complexity index is 156. The summed E-state index contributed by atoms with van der Waals surface area (Å²) in [5, 5.41) is 5.50. The average Bonchev–Trinajstić information content (AvgIpc) is 2.20. The van der Waals surface area contributed by atoms with Crippen LogP contribution < -0.4 is 0 Å². The van der Waals surface area contributed by atoms with Gasteiger partial charge in [0.1, 0.15) is 5.82 Å². The van der Waals surface area contributed by atoms with E-state index in [1.807, 2.05) is 0 Å². The first-order valence-corrected chi connectivity index (χ1v) is 2.31. The number of rotatable bonds is 0. The van der Waals surface area contributed by atoms with Crippen LogP contribution in [0.3, 0.4) is 0 Å². The summed E-state index contributed by atoms with van der Waals surface area (Å²) in [4.78, 5) is 5.95. The standard InChI is InChI=1S/C4H5FN2.CH3N/c1-3-6-2-4(5)7-3;1-2/h2H,1H3,(H,6,7);2H,1H2. The smallest absolute Gasteiger partial charge is 0.210 e. The van der Waals surface area contributed by atoms with Crippen LogP contribution in [0.15, 0.2) is 6.20 Å². The molecule has 0 saturated carbocycles. The summed E-state index contributed by atoms with van der Waals surface area (Å²) in [7, 11) is 0. The molecular weight excluding hydrogens is 121 g/mol. The Labute approximate surface area is 52.4 Å². The maximum atomic E-state index is 11.8. The number of imidazole rings is 1. The van der Waals surface area contributed by atoms with Gasteiger partial charge in [-0.15, -0.1) is 0 Å². The lowest BCUT2D eigenvalue weighted by Gasteiger charge is -1.71. The first kappa shape index (κ1) is 7.81. The zero-order valence-electron chi connectivity index (χ0n) is 5.11. The van der Waals surface area contributed by atoms with E-state index < -0.39 is 0 Å². The van der Waals surface area contributed by atoms with Gasteiger partial charge in [0.2, 0.25) is 5.95 Å². The van der Waals surface area contributed by atoms with Crippen molar-refractivity contribution in [3.63, 3.8) is 0 Å². The summed E-state index contributed by atoms with van der Waals surface area (Å²) < 4.78 is 11.8. The second kappa shape index (κ2) is 3.77. The number of aromatic amines is 1. The van der Waals surface area contributed by atoms with Crippen molar-refractivity contribution in [1.29, 1.82) is 5.41 Å². The van der Waals surface area contributed by atoms with E-state index in [-0.39, 0.29) is 5.95 Å². The summed E-state index contributed by atoms with van der Waals surface area (Å²) >= 11 is 0. The van der Waals surface area contributed by atoms with Gasteiger partial charge in [0.05, 0.1) is 6.20 Å². The van der Waals surface area contributed by atoms with Crippen LogP contribution in [0.2, 0.25) is 0 Å². The molecular formula is C5H8FN3. The van der Waals surface area contributed by atoms with Gasteiger partial charge in [-0.2, -0.15) is 4.39 Å². The minimum Gasteiger partial charge on any atom is -0.319 e. The average molecular weight is 129 g/mol. The first-order valence-electron chi connectivity index (χ1n) is 2.31. The Morgan fingerprint density at radius 3 is 2.44 bits per heavy atom. The van der Waals surface area contributed by atoms with Gasteiger partial charge in [-0.1, -0.05) is 0 Å². The number of nitrogens with zero attached hydrogens (tertiary/aromatic N) is 1. The van der Waals surface area contributed by atoms with Gasteiger partial charge in [-0.25, -0.2) is 4.98 Å². The predicted octanol–water partition coefficient (Wildman–Crippen LogP) is 1.12. The minimum atomic E-state index is -0.377. The molecule has 0 amide bonds. The fourth-order valence-electron chi connectivity index (χ4n) is 0.391. The number of aryl methyl sites for hydroxylation is 1. The number of hydrogen-bond donors (Lipinski definition) is 2. The van der Waals surface area contributed by atoms with E-state index in [4.69, 9.17) is 5.41 Å². The van der Waals surface area contributed by atoms with Crippen LogP contribution in [-0.2, 0) is 0 Å². The van der Waals surface area contributed by atoms with Gasteiger partial charge in [0, 0.05) is 0 Å². The highest BCUT2D eigenvalue weighted by molar-refractivity contribution is 5.15. The zero-order chi connectivity index (χ0) is 7.28. The third-order valence-corrected chi connectivity index (χ3v) is 0.672. The molecule has 2 N–H and O–H groups in total. The molecule has 1 heterocycles. The molecule has 0 atom stereocenters. The van der Waals surface area contributed by atoms with Gasteiger partial charge in [-0.05, 0) is 13.6 Å². The minimum absolute atomic E-state index is 0.377. The van der Waals surface area contributed by atoms with E-state index in [1.165, 1.54) is 0 Å². The summed E-state index contributed by atoms with van der Waals surface area (Å²) in [5.41, 5.74) is 0.